The van der Waals surface area contributed by atoms with Crippen LogP contribution in [0.1, 0.15) is 26.3 Å². The minimum absolute atomic E-state index is 0.0802. The molecule has 0 fully saturated rings. The van der Waals surface area contributed by atoms with Gasteiger partial charge in [0.2, 0.25) is 0 Å². The molecule has 5 heteroatoms. The lowest BCUT2D eigenvalue weighted by Gasteiger charge is -2.25. The molecule has 0 aliphatic rings. The molecule has 0 bridgehead atoms. The van der Waals surface area contributed by atoms with Crippen LogP contribution < -0.4 is 0 Å². The van der Waals surface area contributed by atoms with Crippen LogP contribution in [-0.4, -0.2) is 9.75 Å². The van der Waals surface area contributed by atoms with Gasteiger partial charge in [-0.1, -0.05) is 42.8 Å². The van der Waals surface area contributed by atoms with Crippen molar-refractivity contribution in [2.45, 2.75) is 32.0 Å². The van der Waals surface area contributed by atoms with Gasteiger partial charge in [0.1, 0.15) is 0 Å². The van der Waals surface area contributed by atoms with Crippen molar-refractivity contribution in [3.63, 3.8) is 0 Å². The van der Waals surface area contributed by atoms with Gasteiger partial charge in [-0.15, -0.1) is 0 Å². The number of hydrogen-bond donors (Lipinski definition) is 0. The Hall–Kier alpha value is -0.170. The molecule has 1 atom stereocenters. The normalized spacial score (nSPS) is 13.5. The molecule has 0 radical (unpaired) electrons. The zero-order chi connectivity index (χ0) is 13.2. The largest absolute Gasteiger partial charge is 0.273 e. The summed E-state index contributed by atoms with van der Waals surface area (Å²) in [5.74, 6) is 0. The first-order valence-electron chi connectivity index (χ1n) is 5.28. The lowest BCUT2D eigenvalue weighted by atomic mass is 9.88. The molecule has 0 spiro atoms. The maximum absolute atomic E-state index is 11.0. The van der Waals surface area contributed by atoms with E-state index in [2.05, 4.69) is 59.3 Å². The first-order chi connectivity index (χ1) is 7.71. The van der Waals surface area contributed by atoms with Gasteiger partial charge in [-0.05, 0) is 40.5 Å². The summed E-state index contributed by atoms with van der Waals surface area (Å²) < 4.78 is 0.889. The zero-order valence-corrected chi connectivity index (χ0v) is 13.8. The highest BCUT2D eigenvalue weighted by molar-refractivity contribution is 14.1. The fourth-order valence-corrected chi connectivity index (χ4v) is 2.20. The number of benzene rings is 1. The van der Waals surface area contributed by atoms with Gasteiger partial charge < -0.3 is 0 Å². The van der Waals surface area contributed by atoms with Crippen molar-refractivity contribution >= 4 is 44.2 Å². The second-order valence-corrected chi connectivity index (χ2v) is 7.42. The number of nitro groups is 1. The summed E-state index contributed by atoms with van der Waals surface area (Å²) in [7, 11) is 0. The lowest BCUT2D eigenvalue weighted by molar-refractivity contribution is -0.385. The van der Waals surface area contributed by atoms with Crippen molar-refractivity contribution in [3.05, 3.63) is 37.4 Å². The minimum Gasteiger partial charge on any atom is -0.258 e. The quantitative estimate of drug-likeness (QED) is 0.317. The van der Waals surface area contributed by atoms with E-state index in [1.54, 1.807) is 6.07 Å². The van der Waals surface area contributed by atoms with Crippen LogP contribution in [0.3, 0.4) is 0 Å². The summed E-state index contributed by atoms with van der Waals surface area (Å²) in [5, 5.41) is 11.0. The molecule has 0 amide bonds. The second kappa shape index (κ2) is 5.65. The van der Waals surface area contributed by atoms with Crippen molar-refractivity contribution in [2.75, 3.05) is 0 Å². The van der Waals surface area contributed by atoms with Gasteiger partial charge in [-0.25, -0.2) is 0 Å². The number of nitro benzene ring substituents is 1. The molecule has 0 saturated heterocycles. The van der Waals surface area contributed by atoms with E-state index >= 15 is 0 Å². The molecule has 0 aliphatic carbocycles. The van der Waals surface area contributed by atoms with Crippen molar-refractivity contribution in [1.29, 1.82) is 0 Å². The van der Waals surface area contributed by atoms with E-state index in [-0.39, 0.29) is 20.9 Å². The topological polar surface area (TPSA) is 43.1 Å². The third-order valence-corrected chi connectivity index (χ3v) is 4.95. The Morgan fingerprint density at radius 3 is 2.53 bits per heavy atom. The van der Waals surface area contributed by atoms with Crippen molar-refractivity contribution in [3.8, 4) is 0 Å². The van der Waals surface area contributed by atoms with E-state index in [1.165, 1.54) is 0 Å². The van der Waals surface area contributed by atoms with Gasteiger partial charge in [-0.3, -0.25) is 10.1 Å². The smallest absolute Gasteiger partial charge is 0.258 e. The Labute approximate surface area is 123 Å². The highest BCUT2D eigenvalue weighted by atomic mass is 127. The average Bonchev–Trinajstić information content (AvgIpc) is 2.18. The van der Waals surface area contributed by atoms with Gasteiger partial charge in [0.15, 0.2) is 0 Å². The Morgan fingerprint density at radius 2 is 2.06 bits per heavy atom. The number of rotatable bonds is 3. The third kappa shape index (κ3) is 4.21. The standard InChI is InChI=1S/C12H15BrINO2/c1-12(2,3)11(13)6-8-4-5-9(14)7-10(8)15(16)17/h4-5,7,11H,6H2,1-3H3. The van der Waals surface area contributed by atoms with E-state index in [0.29, 0.717) is 6.42 Å². The molecule has 3 nitrogen and oxygen atoms in total. The molecule has 0 N–H and O–H groups in total. The highest BCUT2D eigenvalue weighted by Crippen LogP contribution is 2.32. The van der Waals surface area contributed by atoms with Crippen LogP contribution in [0.4, 0.5) is 5.69 Å². The molecule has 17 heavy (non-hydrogen) atoms. The minimum atomic E-state index is -0.306. The second-order valence-electron chi connectivity index (χ2n) is 5.07. The van der Waals surface area contributed by atoms with Gasteiger partial charge >= 0.3 is 0 Å². The van der Waals surface area contributed by atoms with Crippen LogP contribution >= 0.6 is 38.5 Å². The summed E-state index contributed by atoms with van der Waals surface area (Å²) in [5.41, 5.74) is 1.08. The number of halogens is 2. The molecular weight excluding hydrogens is 397 g/mol. The molecule has 1 aromatic carbocycles. The molecule has 1 rings (SSSR count). The van der Waals surface area contributed by atoms with E-state index in [1.807, 2.05) is 12.1 Å². The Balaban J connectivity index is 3.03. The van der Waals surface area contributed by atoms with Gasteiger partial charge in [0.05, 0.1) is 4.92 Å². The SMILES string of the molecule is CC(C)(C)C(Br)Cc1ccc(I)cc1[N+](=O)[O-]. The summed E-state index contributed by atoms with van der Waals surface area (Å²) >= 11 is 5.70. The maximum Gasteiger partial charge on any atom is 0.273 e. The first kappa shape index (κ1) is 14.9. The van der Waals surface area contributed by atoms with Gasteiger partial charge in [0.25, 0.3) is 5.69 Å². The molecule has 1 aromatic rings. The van der Waals surface area contributed by atoms with Crippen LogP contribution in [0.2, 0.25) is 0 Å². The van der Waals surface area contributed by atoms with E-state index in [4.69, 9.17) is 0 Å². The molecule has 0 heterocycles. The van der Waals surface area contributed by atoms with Crippen LogP contribution in [0.5, 0.6) is 0 Å². The monoisotopic (exact) mass is 411 g/mol. The molecule has 94 valence electrons. The molecule has 0 aliphatic heterocycles. The third-order valence-electron chi connectivity index (χ3n) is 2.58. The predicted octanol–water partition coefficient (Wildman–Crippen LogP) is 4.55. The molecular formula is C12H15BrINO2. The summed E-state index contributed by atoms with van der Waals surface area (Å²) in [6, 6.07) is 5.38. The number of alkyl halides is 1. The number of hydrogen-bond acceptors (Lipinski definition) is 2. The van der Waals surface area contributed by atoms with E-state index < -0.39 is 0 Å². The fourth-order valence-electron chi connectivity index (χ4n) is 1.38. The van der Waals surface area contributed by atoms with E-state index in [0.717, 1.165) is 9.13 Å². The number of nitrogens with zero attached hydrogens (tertiary/aromatic N) is 1. The van der Waals surface area contributed by atoms with Crippen LogP contribution in [-0.2, 0) is 6.42 Å². The first-order valence-corrected chi connectivity index (χ1v) is 7.28. The Kier molecular flexibility index (Phi) is 4.95. The van der Waals surface area contributed by atoms with Crippen LogP contribution in [0, 0.1) is 19.1 Å². The lowest BCUT2D eigenvalue weighted by Crippen LogP contribution is -2.22. The predicted molar refractivity (Wildman–Crippen MR) is 81.7 cm³/mol. The molecule has 1 unspecified atom stereocenters. The Bertz CT molecular complexity index is 429. The highest BCUT2D eigenvalue weighted by Gasteiger charge is 2.25. The summed E-state index contributed by atoms with van der Waals surface area (Å²) in [4.78, 5) is 10.9. The fraction of sp³-hybridized carbons (Fsp3) is 0.500. The zero-order valence-electron chi connectivity index (χ0n) is 10.0. The van der Waals surface area contributed by atoms with Crippen molar-refractivity contribution in [1.82, 2.24) is 0 Å². The van der Waals surface area contributed by atoms with Crippen molar-refractivity contribution < 1.29 is 4.92 Å². The van der Waals surface area contributed by atoms with Gasteiger partial charge in [0, 0.05) is 20.0 Å². The van der Waals surface area contributed by atoms with Crippen LogP contribution in [0.25, 0.3) is 0 Å². The summed E-state index contributed by atoms with van der Waals surface area (Å²) in [6.45, 7) is 6.35. The average molecular weight is 412 g/mol. The summed E-state index contributed by atoms with van der Waals surface area (Å²) in [6.07, 6.45) is 0.663. The van der Waals surface area contributed by atoms with E-state index in [9.17, 15) is 10.1 Å². The van der Waals surface area contributed by atoms with Crippen LogP contribution in [0.15, 0.2) is 18.2 Å². The van der Waals surface area contributed by atoms with Gasteiger partial charge in [-0.2, -0.15) is 0 Å². The van der Waals surface area contributed by atoms with Crippen molar-refractivity contribution in [2.24, 2.45) is 5.41 Å². The molecule has 0 saturated carbocycles. The maximum atomic E-state index is 11.0. The Morgan fingerprint density at radius 1 is 1.47 bits per heavy atom. The molecule has 0 aromatic heterocycles.